The number of carbonyl (C=O) groups is 2. The molecule has 0 fully saturated rings. The van der Waals surface area contributed by atoms with Crippen LogP contribution in [0.1, 0.15) is 57.1 Å². The van der Waals surface area contributed by atoms with Crippen molar-refractivity contribution < 1.29 is 14.7 Å². The topological polar surface area (TPSA) is 60.4 Å². The average Bonchev–Trinajstić information content (AvgIpc) is 2.81. The summed E-state index contributed by atoms with van der Waals surface area (Å²) in [6.45, 7) is 2.09. The van der Waals surface area contributed by atoms with Crippen LogP contribution in [0.2, 0.25) is 5.02 Å². The molecule has 2 heterocycles. The summed E-state index contributed by atoms with van der Waals surface area (Å²) in [4.78, 5) is 26.0. The van der Waals surface area contributed by atoms with E-state index in [1.807, 2.05) is 18.2 Å². The van der Waals surface area contributed by atoms with Gasteiger partial charge in [-0.2, -0.15) is 0 Å². The maximum Gasteiger partial charge on any atom is 0.259 e. The first-order chi connectivity index (χ1) is 11.0. The maximum absolute atomic E-state index is 12.9. The fourth-order valence-electron chi connectivity index (χ4n) is 3.77. The molecule has 2 atom stereocenters. The van der Waals surface area contributed by atoms with E-state index in [0.717, 1.165) is 23.2 Å². The molecule has 0 bridgehead atoms. The minimum Gasteiger partial charge on any atom is -0.545 e. The van der Waals surface area contributed by atoms with Crippen LogP contribution in [0, 0.1) is 0 Å². The zero-order valence-electron chi connectivity index (χ0n) is 12.4. The molecule has 2 aromatic rings. The average molecular weight is 327 g/mol. The Morgan fingerprint density at radius 3 is 2.78 bits per heavy atom. The highest BCUT2D eigenvalue weighted by Gasteiger charge is 2.43. The summed E-state index contributed by atoms with van der Waals surface area (Å²) < 4.78 is 0. The van der Waals surface area contributed by atoms with Crippen molar-refractivity contribution in [1.82, 2.24) is 0 Å². The summed E-state index contributed by atoms with van der Waals surface area (Å²) in [7, 11) is 0. The summed E-state index contributed by atoms with van der Waals surface area (Å²) in [6, 6.07) is 10.3. The van der Waals surface area contributed by atoms with E-state index in [9.17, 15) is 14.7 Å². The number of aromatic carboxylic acids is 1. The van der Waals surface area contributed by atoms with E-state index in [2.05, 4.69) is 6.92 Å². The zero-order chi connectivity index (χ0) is 16.3. The van der Waals surface area contributed by atoms with Crippen molar-refractivity contribution in [1.29, 1.82) is 0 Å². The van der Waals surface area contributed by atoms with Crippen LogP contribution in [-0.4, -0.2) is 11.9 Å². The van der Waals surface area contributed by atoms with Crippen LogP contribution in [-0.2, 0) is 0 Å². The predicted octanol–water partition coefficient (Wildman–Crippen LogP) is 2.91. The molecule has 5 heteroatoms. The molecule has 0 aliphatic carbocycles. The van der Waals surface area contributed by atoms with Crippen molar-refractivity contribution in [3.8, 4) is 0 Å². The van der Waals surface area contributed by atoms with Gasteiger partial charge in [-0.15, -0.1) is 0 Å². The second kappa shape index (κ2) is 4.83. The van der Waals surface area contributed by atoms with E-state index in [-0.39, 0.29) is 29.0 Å². The van der Waals surface area contributed by atoms with E-state index >= 15 is 0 Å². The first-order valence-corrected chi connectivity index (χ1v) is 7.84. The van der Waals surface area contributed by atoms with Crippen LogP contribution in [0.3, 0.4) is 0 Å². The number of carbonyl (C=O) groups excluding carboxylic acids is 2. The van der Waals surface area contributed by atoms with Crippen LogP contribution >= 0.6 is 11.6 Å². The van der Waals surface area contributed by atoms with Gasteiger partial charge in [-0.3, -0.25) is 4.79 Å². The van der Waals surface area contributed by atoms with Crippen molar-refractivity contribution in [2.24, 2.45) is 0 Å². The highest BCUT2D eigenvalue weighted by Crippen LogP contribution is 2.50. The van der Waals surface area contributed by atoms with E-state index in [0.29, 0.717) is 5.02 Å². The molecule has 0 spiro atoms. The summed E-state index contributed by atoms with van der Waals surface area (Å²) in [6.07, 6.45) is 0.739. The summed E-state index contributed by atoms with van der Waals surface area (Å²) in [5.74, 6) is -1.37. The molecule has 23 heavy (non-hydrogen) atoms. The van der Waals surface area contributed by atoms with E-state index in [1.165, 1.54) is 6.07 Å². The SMILES string of the molecule is CC1CC2c3cccc(C(=O)[O-])c3C(=O)N2c2ccc(Cl)cc21. The monoisotopic (exact) mass is 326 g/mol. The van der Waals surface area contributed by atoms with E-state index in [1.54, 1.807) is 17.0 Å². The Morgan fingerprint density at radius 2 is 2.04 bits per heavy atom. The molecule has 2 aromatic carbocycles. The fourth-order valence-corrected chi connectivity index (χ4v) is 3.95. The molecule has 0 N–H and O–H groups in total. The quantitative estimate of drug-likeness (QED) is 0.809. The third-order valence-corrected chi connectivity index (χ3v) is 5.01. The lowest BCUT2D eigenvalue weighted by molar-refractivity contribution is -0.255. The van der Waals surface area contributed by atoms with Gasteiger partial charge in [0.15, 0.2) is 0 Å². The largest absolute Gasteiger partial charge is 0.545 e. The van der Waals surface area contributed by atoms with Gasteiger partial charge in [-0.1, -0.05) is 36.7 Å². The lowest BCUT2D eigenvalue weighted by atomic mass is 9.85. The Kier molecular flexibility index (Phi) is 3.00. The lowest BCUT2D eigenvalue weighted by Gasteiger charge is -2.36. The number of anilines is 1. The molecular formula is C18H13ClNO3-. The number of hydrogen-bond acceptors (Lipinski definition) is 3. The molecule has 2 unspecified atom stereocenters. The minimum absolute atomic E-state index is 0.0370. The number of halogens is 1. The van der Waals surface area contributed by atoms with Crippen molar-refractivity contribution in [3.63, 3.8) is 0 Å². The van der Waals surface area contributed by atoms with Gasteiger partial charge in [0.25, 0.3) is 5.91 Å². The van der Waals surface area contributed by atoms with Crippen LogP contribution in [0.15, 0.2) is 36.4 Å². The fraction of sp³-hybridized carbons (Fsp3) is 0.222. The Bertz CT molecular complexity index is 861. The Balaban J connectivity index is 1.94. The number of benzene rings is 2. The molecule has 0 saturated heterocycles. The van der Waals surface area contributed by atoms with E-state index < -0.39 is 5.97 Å². The van der Waals surface area contributed by atoms with Crippen LogP contribution in [0.5, 0.6) is 0 Å². The van der Waals surface area contributed by atoms with Gasteiger partial charge in [0, 0.05) is 16.3 Å². The smallest absolute Gasteiger partial charge is 0.259 e. The van der Waals surface area contributed by atoms with E-state index in [4.69, 9.17) is 11.6 Å². The maximum atomic E-state index is 12.9. The van der Waals surface area contributed by atoms with Gasteiger partial charge < -0.3 is 14.8 Å². The van der Waals surface area contributed by atoms with Crippen molar-refractivity contribution in [2.45, 2.75) is 25.3 Å². The molecule has 0 saturated carbocycles. The Morgan fingerprint density at radius 1 is 1.26 bits per heavy atom. The highest BCUT2D eigenvalue weighted by atomic mass is 35.5. The summed E-state index contributed by atoms with van der Waals surface area (Å²) in [5, 5.41) is 12.0. The van der Waals surface area contributed by atoms with Crippen molar-refractivity contribution in [3.05, 3.63) is 63.7 Å². The second-order valence-electron chi connectivity index (χ2n) is 6.09. The number of nitrogens with zero attached hydrogens (tertiary/aromatic N) is 1. The number of rotatable bonds is 1. The zero-order valence-corrected chi connectivity index (χ0v) is 13.1. The first-order valence-electron chi connectivity index (χ1n) is 7.46. The predicted molar refractivity (Wildman–Crippen MR) is 84.8 cm³/mol. The Labute approximate surface area is 138 Å². The highest BCUT2D eigenvalue weighted by molar-refractivity contribution is 6.30. The third-order valence-electron chi connectivity index (χ3n) is 4.78. The molecule has 0 radical (unpaired) electrons. The molecule has 2 aliphatic heterocycles. The normalized spacial score (nSPS) is 21.7. The minimum atomic E-state index is -1.32. The van der Waals surface area contributed by atoms with Gasteiger partial charge in [0.05, 0.1) is 17.6 Å². The van der Waals surface area contributed by atoms with Crippen LogP contribution < -0.4 is 10.0 Å². The van der Waals surface area contributed by atoms with Crippen molar-refractivity contribution in [2.75, 3.05) is 4.90 Å². The first kappa shape index (κ1) is 14.3. The van der Waals surface area contributed by atoms with Crippen LogP contribution in [0.25, 0.3) is 0 Å². The molecular weight excluding hydrogens is 314 g/mol. The van der Waals surface area contributed by atoms with Gasteiger partial charge in [0.2, 0.25) is 0 Å². The molecule has 4 nitrogen and oxygen atoms in total. The van der Waals surface area contributed by atoms with Gasteiger partial charge in [0.1, 0.15) is 0 Å². The number of hydrogen-bond donors (Lipinski definition) is 0. The molecule has 2 aliphatic rings. The number of carboxylic acid groups (broad SMARTS) is 1. The van der Waals surface area contributed by atoms with Crippen LogP contribution in [0.4, 0.5) is 5.69 Å². The standard InChI is InChI=1S/C18H14ClNO3/c1-9-7-15-11-3-2-4-12(18(22)23)16(11)17(21)20(15)14-6-5-10(19)8-13(9)14/h2-6,8-9,15H,7H2,1H3,(H,22,23)/p-1. The lowest BCUT2D eigenvalue weighted by Crippen LogP contribution is -2.33. The van der Waals surface area contributed by atoms with Gasteiger partial charge >= 0.3 is 0 Å². The Hall–Kier alpha value is -2.33. The molecule has 116 valence electrons. The van der Waals surface area contributed by atoms with Gasteiger partial charge in [-0.25, -0.2) is 0 Å². The summed E-state index contributed by atoms with van der Waals surface area (Å²) >= 11 is 6.09. The van der Waals surface area contributed by atoms with Crippen molar-refractivity contribution >= 4 is 29.2 Å². The van der Waals surface area contributed by atoms with Gasteiger partial charge in [-0.05, 0) is 41.7 Å². The number of amides is 1. The second-order valence-corrected chi connectivity index (χ2v) is 6.52. The molecule has 0 aromatic heterocycles. The third kappa shape index (κ3) is 1.91. The number of fused-ring (bicyclic) bond motifs is 5. The molecule has 4 rings (SSSR count). The molecule has 1 amide bonds. The number of carboxylic acids is 1. The summed E-state index contributed by atoms with van der Waals surface area (Å²) in [5.41, 5.74) is 2.82.